The number of ketones is 1. The first kappa shape index (κ1) is 19.9. The highest BCUT2D eigenvalue weighted by Gasteiger charge is 2.34. The third-order valence-corrected chi connectivity index (χ3v) is 6.75. The van der Waals surface area contributed by atoms with Gasteiger partial charge in [0.25, 0.3) is 0 Å². The summed E-state index contributed by atoms with van der Waals surface area (Å²) in [5.41, 5.74) is 2.56. The van der Waals surface area contributed by atoms with Crippen molar-refractivity contribution in [1.82, 2.24) is 4.98 Å². The molecule has 0 spiro atoms. The summed E-state index contributed by atoms with van der Waals surface area (Å²) < 4.78 is 38.2. The summed E-state index contributed by atoms with van der Waals surface area (Å²) >= 11 is 2.36. The Morgan fingerprint density at radius 2 is 2.03 bits per heavy atom. The number of carbonyl (C=O) groups is 2. The molecule has 1 aromatic heterocycles. The fourth-order valence-corrected chi connectivity index (χ4v) is 5.38. The van der Waals surface area contributed by atoms with Gasteiger partial charge >= 0.3 is 6.18 Å². The molecule has 4 nitrogen and oxygen atoms in total. The highest BCUT2D eigenvalue weighted by atomic mass is 32.2. The van der Waals surface area contributed by atoms with Crippen LogP contribution in [0, 0.1) is 0 Å². The van der Waals surface area contributed by atoms with Crippen LogP contribution in [-0.2, 0) is 4.79 Å². The Labute approximate surface area is 172 Å². The maximum atomic E-state index is 12.7. The smallest absolute Gasteiger partial charge is 0.325 e. The van der Waals surface area contributed by atoms with Gasteiger partial charge in [0.1, 0.15) is 0 Å². The molecule has 0 saturated carbocycles. The molecule has 29 heavy (non-hydrogen) atoms. The lowest BCUT2D eigenvalue weighted by Gasteiger charge is -2.11. The number of benzene rings is 2. The minimum Gasteiger partial charge on any atom is -0.325 e. The number of alkyl halides is 3. The van der Waals surface area contributed by atoms with E-state index in [4.69, 9.17) is 0 Å². The van der Waals surface area contributed by atoms with Gasteiger partial charge in [-0.3, -0.25) is 9.59 Å². The fourth-order valence-electron chi connectivity index (χ4n) is 3.22. The van der Waals surface area contributed by atoms with E-state index in [9.17, 15) is 22.8 Å². The molecule has 4 rings (SSSR count). The number of fused-ring (bicyclic) bond motifs is 2. The molecule has 3 aromatic rings. The largest absolute Gasteiger partial charge is 0.389 e. The molecule has 1 amide bonds. The fraction of sp³-hybridized carbons (Fsp3) is 0.250. The highest BCUT2D eigenvalue weighted by molar-refractivity contribution is 8.01. The number of hydrogen-bond donors (Lipinski definition) is 1. The molecule has 1 N–H and O–H groups in total. The van der Waals surface area contributed by atoms with Gasteiger partial charge in [-0.05, 0) is 23.8 Å². The summed E-state index contributed by atoms with van der Waals surface area (Å²) in [6.45, 7) is 0. The molecule has 0 radical (unpaired) electrons. The van der Waals surface area contributed by atoms with E-state index in [0.717, 1.165) is 22.0 Å². The molecule has 1 unspecified atom stereocenters. The molecule has 1 heterocycles. The Kier molecular flexibility index (Phi) is 5.35. The number of aromatic nitrogens is 1. The lowest BCUT2D eigenvalue weighted by Crippen LogP contribution is -2.19. The topological polar surface area (TPSA) is 59.1 Å². The molecule has 0 saturated heterocycles. The lowest BCUT2D eigenvalue weighted by molar-refractivity contribution is -0.129. The molecule has 2 aromatic carbocycles. The number of thioether (sulfide) groups is 1. The number of hydrogen-bond acceptors (Lipinski definition) is 5. The highest BCUT2D eigenvalue weighted by Crippen LogP contribution is 2.35. The van der Waals surface area contributed by atoms with Crippen LogP contribution >= 0.6 is 23.1 Å². The molecular weight excluding hydrogens is 421 g/mol. The summed E-state index contributed by atoms with van der Waals surface area (Å²) in [6.07, 6.45) is -4.90. The number of anilines is 1. The van der Waals surface area contributed by atoms with Gasteiger partial charge < -0.3 is 5.32 Å². The van der Waals surface area contributed by atoms with Gasteiger partial charge in [-0.1, -0.05) is 36.0 Å². The summed E-state index contributed by atoms with van der Waals surface area (Å²) in [6, 6.07) is 12.3. The van der Waals surface area contributed by atoms with Crippen molar-refractivity contribution < 1.29 is 22.8 Å². The Hall–Kier alpha value is -2.39. The van der Waals surface area contributed by atoms with Gasteiger partial charge in [0.05, 0.1) is 22.6 Å². The quantitative estimate of drug-likeness (QED) is 0.525. The zero-order chi connectivity index (χ0) is 20.6. The number of Topliss-reactive ketones (excluding diaryl/α,β-unsaturated/α-hetero) is 1. The Bertz CT molecular complexity index is 1090. The van der Waals surface area contributed by atoms with E-state index in [1.807, 2.05) is 0 Å². The van der Waals surface area contributed by atoms with Crippen molar-refractivity contribution in [3.05, 3.63) is 53.6 Å². The molecule has 150 valence electrons. The molecule has 1 aliphatic rings. The van der Waals surface area contributed by atoms with E-state index in [0.29, 0.717) is 21.1 Å². The number of halogens is 3. The van der Waals surface area contributed by atoms with Crippen molar-refractivity contribution in [2.75, 3.05) is 11.1 Å². The second-order valence-electron chi connectivity index (χ2n) is 6.63. The van der Waals surface area contributed by atoms with Crippen molar-refractivity contribution in [2.45, 2.75) is 29.3 Å². The summed E-state index contributed by atoms with van der Waals surface area (Å²) in [7, 11) is 0. The monoisotopic (exact) mass is 436 g/mol. The third-order valence-electron chi connectivity index (χ3n) is 4.59. The molecule has 1 atom stereocenters. The number of rotatable bonds is 5. The summed E-state index contributed by atoms with van der Waals surface area (Å²) in [5.74, 6) is -0.905. The van der Waals surface area contributed by atoms with Crippen molar-refractivity contribution in [3.8, 4) is 0 Å². The van der Waals surface area contributed by atoms with Crippen molar-refractivity contribution >= 4 is 50.7 Å². The van der Waals surface area contributed by atoms with Crippen LogP contribution in [0.25, 0.3) is 10.2 Å². The molecule has 0 fully saturated rings. The average Bonchev–Trinajstić information content (AvgIpc) is 3.21. The predicted molar refractivity (Wildman–Crippen MR) is 108 cm³/mol. The van der Waals surface area contributed by atoms with Gasteiger partial charge in [-0.2, -0.15) is 13.2 Å². The number of nitrogens with zero attached hydrogens (tertiary/aromatic N) is 1. The Morgan fingerprint density at radius 1 is 1.24 bits per heavy atom. The SMILES string of the molecule is O=C1CC(C(=O)Nc2ccc3nc(SCCC(F)(F)F)sc3c2)c2ccccc21. The number of carbonyl (C=O) groups excluding carboxylic acids is 2. The van der Waals surface area contributed by atoms with Gasteiger partial charge in [0, 0.05) is 23.4 Å². The predicted octanol–water partition coefficient (Wildman–Crippen LogP) is 5.65. The minimum atomic E-state index is -4.18. The minimum absolute atomic E-state index is 0.0424. The van der Waals surface area contributed by atoms with Crippen LogP contribution in [0.5, 0.6) is 0 Å². The maximum absolute atomic E-state index is 12.7. The zero-order valence-electron chi connectivity index (χ0n) is 15.0. The first-order valence-electron chi connectivity index (χ1n) is 8.83. The van der Waals surface area contributed by atoms with Crippen LogP contribution in [0.1, 0.15) is 34.7 Å². The van der Waals surface area contributed by atoms with E-state index >= 15 is 0 Å². The molecule has 9 heteroatoms. The Morgan fingerprint density at radius 3 is 2.83 bits per heavy atom. The van der Waals surface area contributed by atoms with E-state index in [2.05, 4.69) is 10.3 Å². The van der Waals surface area contributed by atoms with E-state index in [-0.39, 0.29) is 23.9 Å². The summed E-state index contributed by atoms with van der Waals surface area (Å²) in [4.78, 5) is 29.1. The van der Waals surface area contributed by atoms with Crippen LogP contribution in [0.3, 0.4) is 0 Å². The van der Waals surface area contributed by atoms with E-state index < -0.39 is 18.5 Å². The third kappa shape index (κ3) is 4.45. The maximum Gasteiger partial charge on any atom is 0.389 e. The van der Waals surface area contributed by atoms with Crippen LogP contribution in [0.2, 0.25) is 0 Å². The van der Waals surface area contributed by atoms with Crippen LogP contribution in [0.15, 0.2) is 46.8 Å². The van der Waals surface area contributed by atoms with Crippen molar-refractivity contribution in [3.63, 3.8) is 0 Å². The normalized spacial score (nSPS) is 16.2. The van der Waals surface area contributed by atoms with Crippen LogP contribution in [0.4, 0.5) is 18.9 Å². The van der Waals surface area contributed by atoms with Gasteiger partial charge in [-0.25, -0.2) is 4.98 Å². The Balaban J connectivity index is 1.46. The molecular formula is C20H15F3N2O2S2. The van der Waals surface area contributed by atoms with Crippen molar-refractivity contribution in [1.29, 1.82) is 0 Å². The van der Waals surface area contributed by atoms with E-state index in [1.54, 1.807) is 42.5 Å². The summed E-state index contributed by atoms with van der Waals surface area (Å²) in [5, 5.41) is 2.84. The average molecular weight is 436 g/mol. The first-order valence-corrected chi connectivity index (χ1v) is 10.6. The number of nitrogens with one attached hydrogen (secondary N) is 1. The molecule has 1 aliphatic carbocycles. The van der Waals surface area contributed by atoms with E-state index in [1.165, 1.54) is 11.3 Å². The van der Waals surface area contributed by atoms with Crippen LogP contribution in [-0.4, -0.2) is 28.6 Å². The molecule has 0 bridgehead atoms. The number of thiazole rings is 1. The lowest BCUT2D eigenvalue weighted by atomic mass is 10.0. The van der Waals surface area contributed by atoms with Gasteiger partial charge in [0.2, 0.25) is 5.91 Å². The molecule has 0 aliphatic heterocycles. The van der Waals surface area contributed by atoms with Gasteiger partial charge in [-0.15, -0.1) is 11.3 Å². The van der Waals surface area contributed by atoms with Crippen LogP contribution < -0.4 is 5.32 Å². The second-order valence-corrected chi connectivity index (χ2v) is 9.00. The standard InChI is InChI=1S/C20H15F3N2O2S2/c21-20(22,23)7-8-28-19-25-15-6-5-11(9-17(15)29-19)24-18(27)14-10-16(26)13-4-2-1-3-12(13)14/h1-6,9,14H,7-8,10H2,(H,24,27). The first-order chi connectivity index (χ1) is 13.8. The van der Waals surface area contributed by atoms with Gasteiger partial charge in [0.15, 0.2) is 10.1 Å². The zero-order valence-corrected chi connectivity index (χ0v) is 16.6. The van der Waals surface area contributed by atoms with Crippen molar-refractivity contribution in [2.24, 2.45) is 0 Å². The second kappa shape index (κ2) is 7.79. The number of amides is 1.